The topological polar surface area (TPSA) is 45.2 Å². The Hall–Kier alpha value is -1.58. The van der Waals surface area contributed by atoms with Gasteiger partial charge in [-0.1, -0.05) is 12.8 Å². The van der Waals surface area contributed by atoms with E-state index in [-0.39, 0.29) is 6.03 Å². The number of rotatable bonds is 3. The van der Waals surface area contributed by atoms with Gasteiger partial charge in [-0.05, 0) is 37.0 Å². The van der Waals surface area contributed by atoms with Crippen molar-refractivity contribution in [1.29, 1.82) is 0 Å². The second kappa shape index (κ2) is 6.99. The van der Waals surface area contributed by atoms with Crippen molar-refractivity contribution in [2.24, 2.45) is 0 Å². The Bertz CT molecular complexity index is 359. The Kier molecular flexibility index (Phi) is 5.00. The van der Waals surface area contributed by atoms with Gasteiger partial charge in [0.15, 0.2) is 0 Å². The second-order valence-electron chi connectivity index (χ2n) is 4.74. The van der Waals surface area contributed by atoms with Crippen LogP contribution in [0.5, 0.6) is 0 Å². The number of aromatic nitrogens is 1. The smallest absolute Gasteiger partial charge is 0.317 e. The Balaban J connectivity index is 1.71. The van der Waals surface area contributed by atoms with Gasteiger partial charge >= 0.3 is 6.03 Å². The van der Waals surface area contributed by atoms with Crippen LogP contribution in [0.25, 0.3) is 0 Å². The van der Waals surface area contributed by atoms with Crippen LogP contribution in [0, 0.1) is 0 Å². The maximum Gasteiger partial charge on any atom is 0.317 e. The molecule has 0 atom stereocenters. The molecule has 1 aliphatic rings. The molecule has 4 heteroatoms. The SMILES string of the molecule is O=C(NCCc1ccncc1)N1CCCCCC1. The molecule has 18 heavy (non-hydrogen) atoms. The minimum Gasteiger partial charge on any atom is -0.338 e. The van der Waals surface area contributed by atoms with Gasteiger partial charge in [0.25, 0.3) is 0 Å². The van der Waals surface area contributed by atoms with Crippen molar-refractivity contribution in [1.82, 2.24) is 15.2 Å². The molecule has 0 unspecified atom stereocenters. The third-order valence-electron chi connectivity index (χ3n) is 3.33. The fourth-order valence-electron chi connectivity index (χ4n) is 2.25. The number of carbonyl (C=O) groups is 1. The predicted molar refractivity (Wildman–Crippen MR) is 71.4 cm³/mol. The molecular weight excluding hydrogens is 226 g/mol. The Labute approximate surface area is 108 Å². The highest BCUT2D eigenvalue weighted by Gasteiger charge is 2.14. The zero-order valence-electron chi connectivity index (χ0n) is 10.8. The maximum absolute atomic E-state index is 11.9. The molecule has 0 aromatic carbocycles. The van der Waals surface area contributed by atoms with Gasteiger partial charge < -0.3 is 10.2 Å². The summed E-state index contributed by atoms with van der Waals surface area (Å²) in [4.78, 5) is 17.9. The molecule has 1 aliphatic heterocycles. The van der Waals surface area contributed by atoms with Gasteiger partial charge in [-0.3, -0.25) is 4.98 Å². The highest BCUT2D eigenvalue weighted by Crippen LogP contribution is 2.09. The van der Waals surface area contributed by atoms with Crippen molar-refractivity contribution in [2.75, 3.05) is 19.6 Å². The standard InChI is InChI=1S/C14H21N3O/c18-14(17-11-3-1-2-4-12-17)16-10-7-13-5-8-15-9-6-13/h5-6,8-9H,1-4,7,10-12H2,(H,16,18). The molecule has 1 N–H and O–H groups in total. The van der Waals surface area contributed by atoms with Crippen LogP contribution in [-0.2, 0) is 6.42 Å². The number of likely N-dealkylation sites (tertiary alicyclic amines) is 1. The van der Waals surface area contributed by atoms with Crippen LogP contribution >= 0.6 is 0 Å². The lowest BCUT2D eigenvalue weighted by Crippen LogP contribution is -2.41. The normalized spacial score (nSPS) is 16.1. The van der Waals surface area contributed by atoms with E-state index in [1.165, 1.54) is 18.4 Å². The number of hydrogen-bond donors (Lipinski definition) is 1. The third kappa shape index (κ3) is 4.02. The Morgan fingerprint density at radius 1 is 1.17 bits per heavy atom. The first kappa shape index (κ1) is 12.9. The lowest BCUT2D eigenvalue weighted by atomic mass is 10.2. The summed E-state index contributed by atoms with van der Waals surface area (Å²) < 4.78 is 0. The van der Waals surface area contributed by atoms with Crippen LogP contribution in [0.1, 0.15) is 31.2 Å². The second-order valence-corrected chi connectivity index (χ2v) is 4.74. The average Bonchev–Trinajstić information content (AvgIpc) is 2.69. The molecule has 1 aromatic rings. The van der Waals surface area contributed by atoms with E-state index in [4.69, 9.17) is 0 Å². The van der Waals surface area contributed by atoms with Crippen molar-refractivity contribution >= 4 is 6.03 Å². The summed E-state index contributed by atoms with van der Waals surface area (Å²) in [5.41, 5.74) is 1.21. The highest BCUT2D eigenvalue weighted by molar-refractivity contribution is 5.74. The third-order valence-corrected chi connectivity index (χ3v) is 3.33. The summed E-state index contributed by atoms with van der Waals surface area (Å²) in [6.07, 6.45) is 9.21. The summed E-state index contributed by atoms with van der Waals surface area (Å²) in [6.45, 7) is 2.50. The number of carbonyl (C=O) groups excluding carboxylic acids is 1. The number of amides is 2. The molecule has 0 saturated carbocycles. The van der Waals surface area contributed by atoms with Gasteiger partial charge in [-0.25, -0.2) is 4.79 Å². The minimum atomic E-state index is 0.0888. The van der Waals surface area contributed by atoms with Crippen molar-refractivity contribution in [3.8, 4) is 0 Å². The number of hydrogen-bond acceptors (Lipinski definition) is 2. The average molecular weight is 247 g/mol. The molecule has 0 bridgehead atoms. The van der Waals surface area contributed by atoms with Crippen LogP contribution in [0.2, 0.25) is 0 Å². The first-order valence-electron chi connectivity index (χ1n) is 6.78. The predicted octanol–water partition coefficient (Wildman–Crippen LogP) is 2.21. The first-order valence-corrected chi connectivity index (χ1v) is 6.78. The van der Waals surface area contributed by atoms with E-state index < -0.39 is 0 Å². The number of pyridine rings is 1. The molecule has 1 aromatic heterocycles. The van der Waals surface area contributed by atoms with Crippen LogP contribution in [-0.4, -0.2) is 35.5 Å². The van der Waals surface area contributed by atoms with Crippen LogP contribution in [0.3, 0.4) is 0 Å². The molecule has 98 valence electrons. The molecule has 0 spiro atoms. The fraction of sp³-hybridized carbons (Fsp3) is 0.571. The molecule has 2 rings (SSSR count). The number of urea groups is 1. The lowest BCUT2D eigenvalue weighted by molar-refractivity contribution is 0.200. The quantitative estimate of drug-likeness (QED) is 0.890. The lowest BCUT2D eigenvalue weighted by Gasteiger charge is -2.20. The van der Waals surface area contributed by atoms with E-state index in [1.807, 2.05) is 17.0 Å². The van der Waals surface area contributed by atoms with Crippen molar-refractivity contribution < 1.29 is 4.79 Å². The Morgan fingerprint density at radius 2 is 1.83 bits per heavy atom. The molecule has 1 fully saturated rings. The van der Waals surface area contributed by atoms with Gasteiger partial charge in [0.1, 0.15) is 0 Å². The maximum atomic E-state index is 11.9. The molecule has 2 amide bonds. The van der Waals surface area contributed by atoms with Crippen LogP contribution < -0.4 is 5.32 Å². The summed E-state index contributed by atoms with van der Waals surface area (Å²) in [5, 5.41) is 3.00. The summed E-state index contributed by atoms with van der Waals surface area (Å²) in [5.74, 6) is 0. The van der Waals surface area contributed by atoms with E-state index in [1.54, 1.807) is 12.4 Å². The van der Waals surface area contributed by atoms with Crippen molar-refractivity contribution in [3.63, 3.8) is 0 Å². The van der Waals surface area contributed by atoms with E-state index in [0.717, 1.165) is 32.4 Å². The minimum absolute atomic E-state index is 0.0888. The molecule has 0 radical (unpaired) electrons. The van der Waals surface area contributed by atoms with Gasteiger partial charge in [0, 0.05) is 32.0 Å². The molecular formula is C14H21N3O. The fourth-order valence-corrected chi connectivity index (χ4v) is 2.25. The van der Waals surface area contributed by atoms with Gasteiger partial charge in [0.05, 0.1) is 0 Å². The Morgan fingerprint density at radius 3 is 2.50 bits per heavy atom. The first-order chi connectivity index (χ1) is 8.86. The zero-order chi connectivity index (χ0) is 12.6. The molecule has 2 heterocycles. The van der Waals surface area contributed by atoms with E-state index in [9.17, 15) is 4.79 Å². The largest absolute Gasteiger partial charge is 0.338 e. The number of nitrogens with zero attached hydrogens (tertiary/aromatic N) is 2. The number of nitrogens with one attached hydrogen (secondary N) is 1. The van der Waals surface area contributed by atoms with Crippen molar-refractivity contribution in [3.05, 3.63) is 30.1 Å². The van der Waals surface area contributed by atoms with Gasteiger partial charge in [-0.2, -0.15) is 0 Å². The van der Waals surface area contributed by atoms with Crippen LogP contribution in [0.15, 0.2) is 24.5 Å². The van der Waals surface area contributed by atoms with Crippen LogP contribution in [0.4, 0.5) is 4.79 Å². The van der Waals surface area contributed by atoms with Crippen molar-refractivity contribution in [2.45, 2.75) is 32.1 Å². The van der Waals surface area contributed by atoms with E-state index in [2.05, 4.69) is 10.3 Å². The van der Waals surface area contributed by atoms with Gasteiger partial charge in [0.2, 0.25) is 0 Å². The summed E-state index contributed by atoms with van der Waals surface area (Å²) in [7, 11) is 0. The van der Waals surface area contributed by atoms with E-state index >= 15 is 0 Å². The summed E-state index contributed by atoms with van der Waals surface area (Å²) in [6, 6.07) is 4.06. The van der Waals surface area contributed by atoms with Gasteiger partial charge in [-0.15, -0.1) is 0 Å². The molecule has 0 aliphatic carbocycles. The molecule has 1 saturated heterocycles. The summed E-state index contributed by atoms with van der Waals surface area (Å²) >= 11 is 0. The van der Waals surface area contributed by atoms with E-state index in [0.29, 0.717) is 6.54 Å². The zero-order valence-corrected chi connectivity index (χ0v) is 10.8. The molecule has 4 nitrogen and oxygen atoms in total. The monoisotopic (exact) mass is 247 g/mol. The highest BCUT2D eigenvalue weighted by atomic mass is 16.2.